The van der Waals surface area contributed by atoms with Crippen molar-refractivity contribution in [1.29, 1.82) is 0 Å². The number of rotatable bonds is 3. The van der Waals surface area contributed by atoms with Gasteiger partial charge in [-0.25, -0.2) is 4.98 Å². The molecule has 0 saturated carbocycles. The minimum absolute atomic E-state index is 0.0935. The summed E-state index contributed by atoms with van der Waals surface area (Å²) < 4.78 is 10.1. The van der Waals surface area contributed by atoms with Crippen LogP contribution in [0.3, 0.4) is 0 Å². The molecule has 0 N–H and O–H groups in total. The number of aryl methyl sites for hydroxylation is 1. The molecule has 0 unspecified atom stereocenters. The van der Waals surface area contributed by atoms with Crippen molar-refractivity contribution in [3.8, 4) is 11.5 Å². The van der Waals surface area contributed by atoms with E-state index in [9.17, 15) is 4.79 Å². The summed E-state index contributed by atoms with van der Waals surface area (Å²) in [6, 6.07) is 7.25. The zero-order valence-corrected chi connectivity index (χ0v) is 10.8. The van der Waals surface area contributed by atoms with E-state index in [-0.39, 0.29) is 12.4 Å². The maximum absolute atomic E-state index is 11.2. The summed E-state index contributed by atoms with van der Waals surface area (Å²) >= 11 is 6.06. The number of oxazole rings is 1. The van der Waals surface area contributed by atoms with Crippen LogP contribution in [0.15, 0.2) is 28.7 Å². The molecular weight excluding hydrogens is 254 g/mol. The number of methoxy groups -OCH3 is 1. The van der Waals surface area contributed by atoms with Gasteiger partial charge in [0, 0.05) is 0 Å². The lowest BCUT2D eigenvalue weighted by atomic mass is 10.2. The van der Waals surface area contributed by atoms with Crippen LogP contribution in [0.4, 0.5) is 0 Å². The van der Waals surface area contributed by atoms with Gasteiger partial charge in [0.1, 0.15) is 5.76 Å². The summed E-state index contributed by atoms with van der Waals surface area (Å²) in [5.74, 6) is 0.657. The number of esters is 1. The van der Waals surface area contributed by atoms with E-state index < -0.39 is 0 Å². The molecule has 0 fully saturated rings. The van der Waals surface area contributed by atoms with Crippen LogP contribution >= 0.6 is 11.6 Å². The monoisotopic (exact) mass is 265 g/mol. The van der Waals surface area contributed by atoms with Gasteiger partial charge in [-0.1, -0.05) is 23.7 Å². The molecule has 1 aromatic heterocycles. The molecule has 1 heterocycles. The predicted octanol–water partition coefficient (Wildman–Crippen LogP) is 3.02. The van der Waals surface area contributed by atoms with Crippen LogP contribution in [0.2, 0.25) is 5.02 Å². The van der Waals surface area contributed by atoms with Gasteiger partial charge in [0.05, 0.1) is 29.8 Å². The van der Waals surface area contributed by atoms with E-state index in [1.165, 1.54) is 7.11 Å². The number of hydrogen-bond acceptors (Lipinski definition) is 4. The number of carbonyl (C=O) groups is 1. The quantitative estimate of drug-likeness (QED) is 0.801. The van der Waals surface area contributed by atoms with Crippen molar-refractivity contribution in [3.05, 3.63) is 40.7 Å². The van der Waals surface area contributed by atoms with Crippen LogP contribution in [0.5, 0.6) is 0 Å². The summed E-state index contributed by atoms with van der Waals surface area (Å²) in [7, 11) is 1.34. The van der Waals surface area contributed by atoms with Crippen molar-refractivity contribution >= 4 is 17.6 Å². The van der Waals surface area contributed by atoms with Crippen molar-refractivity contribution in [3.63, 3.8) is 0 Å². The summed E-state index contributed by atoms with van der Waals surface area (Å²) in [5, 5.41) is 0.559. The number of aromatic nitrogens is 1. The fraction of sp³-hybridized carbons (Fsp3) is 0.231. The Morgan fingerprint density at radius 1 is 1.44 bits per heavy atom. The van der Waals surface area contributed by atoms with Crippen molar-refractivity contribution < 1.29 is 13.9 Å². The zero-order chi connectivity index (χ0) is 13.1. The van der Waals surface area contributed by atoms with Crippen molar-refractivity contribution in [2.24, 2.45) is 0 Å². The van der Waals surface area contributed by atoms with E-state index in [2.05, 4.69) is 9.72 Å². The standard InChI is InChI=1S/C13H12ClNO3/c1-8-11(7-12(16)17-2)15-13(18-8)9-5-3-4-6-10(9)14/h3-6H,7H2,1-2H3. The van der Waals surface area contributed by atoms with Gasteiger partial charge in [0.25, 0.3) is 0 Å². The number of halogens is 1. The Morgan fingerprint density at radius 3 is 2.83 bits per heavy atom. The van der Waals surface area contributed by atoms with E-state index in [0.717, 1.165) is 0 Å². The fourth-order valence-corrected chi connectivity index (χ4v) is 1.77. The second-order valence-corrected chi connectivity index (χ2v) is 4.16. The molecule has 0 radical (unpaired) electrons. The minimum Gasteiger partial charge on any atom is -0.469 e. The molecule has 2 aromatic rings. The van der Waals surface area contributed by atoms with Gasteiger partial charge in [-0.15, -0.1) is 0 Å². The van der Waals surface area contributed by atoms with Gasteiger partial charge in [-0.2, -0.15) is 0 Å². The van der Waals surface area contributed by atoms with E-state index in [0.29, 0.717) is 27.9 Å². The van der Waals surface area contributed by atoms with Crippen LogP contribution in [0.25, 0.3) is 11.5 Å². The summed E-state index contributed by atoms with van der Waals surface area (Å²) in [5.41, 5.74) is 1.27. The first-order valence-corrected chi connectivity index (χ1v) is 5.77. The molecule has 0 aliphatic heterocycles. The first-order valence-electron chi connectivity index (χ1n) is 5.40. The van der Waals surface area contributed by atoms with Gasteiger partial charge in [0.15, 0.2) is 0 Å². The van der Waals surface area contributed by atoms with E-state index in [1.54, 1.807) is 13.0 Å². The molecule has 0 amide bonds. The fourth-order valence-electron chi connectivity index (χ4n) is 1.55. The SMILES string of the molecule is COC(=O)Cc1nc(-c2ccccc2Cl)oc1C. The molecule has 0 atom stereocenters. The molecule has 94 valence electrons. The third-order valence-corrected chi connectivity index (χ3v) is 2.87. The van der Waals surface area contributed by atoms with Gasteiger partial charge >= 0.3 is 5.97 Å². The lowest BCUT2D eigenvalue weighted by Gasteiger charge is -1.97. The Hall–Kier alpha value is -1.81. The lowest BCUT2D eigenvalue weighted by molar-refractivity contribution is -0.139. The summed E-state index contributed by atoms with van der Waals surface area (Å²) in [6.07, 6.45) is 0.0935. The van der Waals surface area contributed by atoms with E-state index in [1.807, 2.05) is 18.2 Å². The smallest absolute Gasteiger partial charge is 0.311 e. The van der Waals surface area contributed by atoms with E-state index in [4.69, 9.17) is 16.0 Å². The average molecular weight is 266 g/mol. The first kappa shape index (κ1) is 12.6. The van der Waals surface area contributed by atoms with Crippen LogP contribution in [0, 0.1) is 6.92 Å². The van der Waals surface area contributed by atoms with Crippen molar-refractivity contribution in [2.45, 2.75) is 13.3 Å². The molecule has 0 bridgehead atoms. The summed E-state index contributed by atoms with van der Waals surface area (Å²) in [4.78, 5) is 15.5. The number of ether oxygens (including phenoxy) is 1. The molecule has 18 heavy (non-hydrogen) atoms. The maximum Gasteiger partial charge on any atom is 0.311 e. The number of hydrogen-bond donors (Lipinski definition) is 0. The molecule has 2 rings (SSSR count). The molecule has 4 nitrogen and oxygen atoms in total. The Morgan fingerprint density at radius 2 is 2.17 bits per heavy atom. The summed E-state index contributed by atoms with van der Waals surface area (Å²) in [6.45, 7) is 1.76. The van der Waals surface area contributed by atoms with Crippen molar-refractivity contribution in [1.82, 2.24) is 4.98 Å². The lowest BCUT2D eigenvalue weighted by Crippen LogP contribution is -2.05. The molecule has 1 aromatic carbocycles. The highest BCUT2D eigenvalue weighted by molar-refractivity contribution is 6.33. The highest BCUT2D eigenvalue weighted by Crippen LogP contribution is 2.28. The Bertz CT molecular complexity index is 577. The Kier molecular flexibility index (Phi) is 3.67. The van der Waals surface area contributed by atoms with Gasteiger partial charge in [0.2, 0.25) is 5.89 Å². The number of carbonyl (C=O) groups excluding carboxylic acids is 1. The first-order chi connectivity index (χ1) is 8.61. The van der Waals surface area contributed by atoms with Gasteiger partial charge < -0.3 is 9.15 Å². The second kappa shape index (κ2) is 5.23. The third-order valence-electron chi connectivity index (χ3n) is 2.54. The average Bonchev–Trinajstić information content (AvgIpc) is 2.71. The minimum atomic E-state index is -0.350. The highest BCUT2D eigenvalue weighted by Gasteiger charge is 2.16. The van der Waals surface area contributed by atoms with Crippen LogP contribution in [-0.2, 0) is 16.0 Å². The van der Waals surface area contributed by atoms with Crippen LogP contribution < -0.4 is 0 Å². The van der Waals surface area contributed by atoms with Crippen LogP contribution in [-0.4, -0.2) is 18.1 Å². The predicted molar refractivity (Wildman–Crippen MR) is 67.4 cm³/mol. The topological polar surface area (TPSA) is 52.3 Å². The van der Waals surface area contributed by atoms with Crippen LogP contribution in [0.1, 0.15) is 11.5 Å². The Labute approximate surface area is 110 Å². The number of benzene rings is 1. The molecular formula is C13H12ClNO3. The van der Waals surface area contributed by atoms with Gasteiger partial charge in [-0.05, 0) is 19.1 Å². The molecule has 0 aliphatic carbocycles. The van der Waals surface area contributed by atoms with Gasteiger partial charge in [-0.3, -0.25) is 4.79 Å². The molecule has 0 aliphatic rings. The molecule has 5 heteroatoms. The number of nitrogens with zero attached hydrogens (tertiary/aromatic N) is 1. The second-order valence-electron chi connectivity index (χ2n) is 3.75. The molecule has 0 spiro atoms. The Balaban J connectivity index is 2.34. The normalized spacial score (nSPS) is 10.4. The molecule has 0 saturated heterocycles. The maximum atomic E-state index is 11.2. The third kappa shape index (κ3) is 2.54. The van der Waals surface area contributed by atoms with Crippen molar-refractivity contribution in [2.75, 3.05) is 7.11 Å². The van der Waals surface area contributed by atoms with E-state index >= 15 is 0 Å². The largest absolute Gasteiger partial charge is 0.469 e. The zero-order valence-electron chi connectivity index (χ0n) is 10.1. The highest BCUT2D eigenvalue weighted by atomic mass is 35.5.